The molecule has 0 radical (unpaired) electrons. The summed E-state index contributed by atoms with van der Waals surface area (Å²) in [7, 11) is 0. The number of nitrogens with zero attached hydrogens (tertiary/aromatic N) is 1. The Hall–Kier alpha value is -1.72. The van der Waals surface area contributed by atoms with E-state index in [-0.39, 0.29) is 11.8 Å². The van der Waals surface area contributed by atoms with Crippen LogP contribution in [0, 0.1) is 0 Å². The van der Waals surface area contributed by atoms with Crippen LogP contribution in [0.5, 0.6) is 5.75 Å². The number of nitrogens with one attached hydrogen (secondary N) is 1. The number of halogens is 2. The Labute approximate surface area is 149 Å². The van der Waals surface area contributed by atoms with Crippen LogP contribution in [0.25, 0.3) is 0 Å². The number of carbonyl (C=O) groups excluding carboxylic acids is 1. The largest absolute Gasteiger partial charge is 0.508 e. The quantitative estimate of drug-likeness (QED) is 0.724. The number of hydrogen-bond donors (Lipinski definition) is 2. The van der Waals surface area contributed by atoms with Gasteiger partial charge in [0.05, 0.1) is 17.3 Å². The third-order valence-corrected chi connectivity index (χ3v) is 4.11. The van der Waals surface area contributed by atoms with Crippen molar-refractivity contribution in [1.29, 1.82) is 0 Å². The van der Waals surface area contributed by atoms with E-state index in [0.717, 1.165) is 10.9 Å². The van der Waals surface area contributed by atoms with Crippen LogP contribution in [0.2, 0.25) is 5.02 Å². The van der Waals surface area contributed by atoms with Gasteiger partial charge in [-0.15, -0.1) is 0 Å². The molecule has 2 N–H and O–H groups in total. The van der Waals surface area contributed by atoms with Gasteiger partial charge < -0.3 is 15.3 Å². The molecule has 0 fully saturated rings. The fourth-order valence-corrected chi connectivity index (χ4v) is 2.88. The number of para-hydroxylation sites is 1. The molecule has 6 heteroatoms. The molecule has 0 spiro atoms. The van der Waals surface area contributed by atoms with Crippen LogP contribution in [0.15, 0.2) is 46.9 Å². The van der Waals surface area contributed by atoms with E-state index in [1.54, 1.807) is 35.2 Å². The third-order valence-electron chi connectivity index (χ3n) is 3.31. The standard InChI is InChI=1S/C17H18BrClN2O2/c1-2-9-21(11-12-5-3-4-6-16(12)22)17(23)20-15-8-7-13(18)10-14(15)19/h3-8,10,22H,2,9,11H2,1H3,(H,20,23). The molecule has 0 heterocycles. The number of carbonyl (C=O) groups is 1. The number of rotatable bonds is 5. The lowest BCUT2D eigenvalue weighted by atomic mass is 10.2. The second-order valence-corrected chi connectivity index (χ2v) is 6.43. The highest BCUT2D eigenvalue weighted by atomic mass is 79.9. The first-order valence-electron chi connectivity index (χ1n) is 7.29. The minimum atomic E-state index is -0.251. The number of benzene rings is 2. The third kappa shape index (κ3) is 4.88. The second-order valence-electron chi connectivity index (χ2n) is 5.10. The van der Waals surface area contributed by atoms with E-state index in [2.05, 4.69) is 21.2 Å². The zero-order valence-corrected chi connectivity index (χ0v) is 15.1. The van der Waals surface area contributed by atoms with Crippen molar-refractivity contribution in [2.45, 2.75) is 19.9 Å². The molecule has 2 aromatic carbocycles. The molecule has 0 bridgehead atoms. The summed E-state index contributed by atoms with van der Waals surface area (Å²) in [6.07, 6.45) is 0.815. The van der Waals surface area contributed by atoms with Gasteiger partial charge in [-0.05, 0) is 30.7 Å². The first-order chi connectivity index (χ1) is 11.0. The maximum Gasteiger partial charge on any atom is 0.322 e. The predicted molar refractivity (Wildman–Crippen MR) is 97.0 cm³/mol. The minimum Gasteiger partial charge on any atom is -0.508 e. The first kappa shape index (κ1) is 17.6. The van der Waals surface area contributed by atoms with Crippen molar-refractivity contribution in [1.82, 2.24) is 4.90 Å². The van der Waals surface area contributed by atoms with Crippen molar-refractivity contribution in [3.8, 4) is 5.75 Å². The summed E-state index contributed by atoms with van der Waals surface area (Å²) < 4.78 is 0.847. The number of amides is 2. The first-order valence-corrected chi connectivity index (χ1v) is 8.46. The summed E-state index contributed by atoms with van der Waals surface area (Å²) >= 11 is 9.47. The number of anilines is 1. The summed E-state index contributed by atoms with van der Waals surface area (Å²) in [5.41, 5.74) is 1.26. The molecule has 2 aromatic rings. The smallest absolute Gasteiger partial charge is 0.322 e. The van der Waals surface area contributed by atoms with Crippen LogP contribution < -0.4 is 5.32 Å². The number of urea groups is 1. The van der Waals surface area contributed by atoms with Crippen LogP contribution in [0.4, 0.5) is 10.5 Å². The van der Waals surface area contributed by atoms with Crippen LogP contribution in [-0.4, -0.2) is 22.6 Å². The van der Waals surface area contributed by atoms with Gasteiger partial charge in [0, 0.05) is 16.6 Å². The van der Waals surface area contributed by atoms with Crippen molar-refractivity contribution in [3.05, 3.63) is 57.5 Å². The lowest BCUT2D eigenvalue weighted by molar-refractivity contribution is 0.208. The van der Waals surface area contributed by atoms with Crippen molar-refractivity contribution in [2.24, 2.45) is 0 Å². The van der Waals surface area contributed by atoms with Gasteiger partial charge in [-0.2, -0.15) is 0 Å². The van der Waals surface area contributed by atoms with Gasteiger partial charge in [0.15, 0.2) is 0 Å². The Balaban J connectivity index is 2.13. The summed E-state index contributed by atoms with van der Waals surface area (Å²) in [6, 6.07) is 12.0. The molecule has 2 amide bonds. The molecule has 0 atom stereocenters. The van der Waals surface area contributed by atoms with E-state index < -0.39 is 0 Å². The molecular formula is C17H18BrClN2O2. The number of phenols is 1. The maximum absolute atomic E-state index is 12.5. The topological polar surface area (TPSA) is 52.6 Å². The molecule has 4 nitrogen and oxygen atoms in total. The molecule has 23 heavy (non-hydrogen) atoms. The van der Waals surface area contributed by atoms with Crippen LogP contribution in [0.3, 0.4) is 0 Å². The summed E-state index contributed by atoms with van der Waals surface area (Å²) in [5, 5.41) is 13.2. The average molecular weight is 398 g/mol. The van der Waals surface area contributed by atoms with Gasteiger partial charge in [-0.25, -0.2) is 4.79 Å². The summed E-state index contributed by atoms with van der Waals surface area (Å²) in [6.45, 7) is 2.91. The molecule has 0 unspecified atom stereocenters. The van der Waals surface area contributed by atoms with Crippen molar-refractivity contribution in [3.63, 3.8) is 0 Å². The van der Waals surface area contributed by atoms with Crippen LogP contribution in [-0.2, 0) is 6.54 Å². The zero-order chi connectivity index (χ0) is 16.8. The molecule has 2 rings (SSSR count). The molecule has 122 valence electrons. The molecule has 0 aliphatic heterocycles. The van der Waals surface area contributed by atoms with E-state index in [0.29, 0.717) is 29.4 Å². The fraction of sp³-hybridized carbons (Fsp3) is 0.235. The normalized spacial score (nSPS) is 10.4. The van der Waals surface area contributed by atoms with Crippen molar-refractivity contribution < 1.29 is 9.90 Å². The zero-order valence-electron chi connectivity index (χ0n) is 12.7. The van der Waals surface area contributed by atoms with Gasteiger partial charge in [-0.3, -0.25) is 0 Å². The van der Waals surface area contributed by atoms with Crippen molar-refractivity contribution in [2.75, 3.05) is 11.9 Å². The molecule has 0 aromatic heterocycles. The Morgan fingerprint density at radius 1 is 1.30 bits per heavy atom. The Morgan fingerprint density at radius 3 is 2.70 bits per heavy atom. The molecular weight excluding hydrogens is 380 g/mol. The second kappa shape index (κ2) is 8.22. The lowest BCUT2D eigenvalue weighted by Crippen LogP contribution is -2.35. The lowest BCUT2D eigenvalue weighted by Gasteiger charge is -2.23. The van der Waals surface area contributed by atoms with E-state index in [4.69, 9.17) is 11.6 Å². The van der Waals surface area contributed by atoms with E-state index >= 15 is 0 Å². The molecule has 0 aliphatic carbocycles. The number of hydrogen-bond acceptors (Lipinski definition) is 2. The van der Waals surface area contributed by atoms with Crippen molar-refractivity contribution >= 4 is 39.2 Å². The average Bonchev–Trinajstić information content (AvgIpc) is 2.51. The summed E-state index contributed by atoms with van der Waals surface area (Å²) in [5.74, 6) is 0.183. The Kier molecular flexibility index (Phi) is 6.30. The minimum absolute atomic E-state index is 0.183. The highest BCUT2D eigenvalue weighted by Gasteiger charge is 2.16. The van der Waals surface area contributed by atoms with Gasteiger partial charge in [0.2, 0.25) is 0 Å². The SMILES string of the molecule is CCCN(Cc1ccccc1O)C(=O)Nc1ccc(Br)cc1Cl. The highest BCUT2D eigenvalue weighted by Crippen LogP contribution is 2.26. The predicted octanol–water partition coefficient (Wildman–Crippen LogP) is 5.25. The van der Waals surface area contributed by atoms with Crippen LogP contribution >= 0.6 is 27.5 Å². The molecule has 0 saturated heterocycles. The van der Waals surface area contributed by atoms with E-state index in [9.17, 15) is 9.90 Å². The van der Waals surface area contributed by atoms with Gasteiger partial charge >= 0.3 is 6.03 Å². The summed E-state index contributed by atoms with van der Waals surface area (Å²) in [4.78, 5) is 14.2. The van der Waals surface area contributed by atoms with Crippen LogP contribution in [0.1, 0.15) is 18.9 Å². The van der Waals surface area contributed by atoms with Gasteiger partial charge in [0.1, 0.15) is 5.75 Å². The monoisotopic (exact) mass is 396 g/mol. The van der Waals surface area contributed by atoms with Gasteiger partial charge in [0.25, 0.3) is 0 Å². The number of aromatic hydroxyl groups is 1. The fourth-order valence-electron chi connectivity index (χ4n) is 2.16. The molecule has 0 aliphatic rings. The Bertz CT molecular complexity index is 694. The Morgan fingerprint density at radius 2 is 2.04 bits per heavy atom. The number of phenolic OH excluding ortho intramolecular Hbond substituents is 1. The molecule has 0 saturated carbocycles. The highest BCUT2D eigenvalue weighted by molar-refractivity contribution is 9.10. The van der Waals surface area contributed by atoms with E-state index in [1.807, 2.05) is 19.1 Å². The van der Waals surface area contributed by atoms with Gasteiger partial charge in [-0.1, -0.05) is 52.7 Å². The van der Waals surface area contributed by atoms with E-state index in [1.165, 1.54) is 0 Å². The maximum atomic E-state index is 12.5.